The van der Waals surface area contributed by atoms with Gasteiger partial charge in [0.25, 0.3) is 0 Å². The quantitative estimate of drug-likeness (QED) is 0.619. The topological polar surface area (TPSA) is 60.8 Å². The Kier molecular flexibility index (Phi) is 6.95. The molecule has 0 N–H and O–H groups in total. The summed E-state index contributed by atoms with van der Waals surface area (Å²) < 4.78 is 13.0. The van der Waals surface area contributed by atoms with E-state index in [-0.39, 0.29) is 17.9 Å². The first kappa shape index (κ1) is 21.5. The molecule has 1 aromatic carbocycles. The second-order valence-electron chi connectivity index (χ2n) is 8.58. The Labute approximate surface area is 184 Å². The number of aryl methyl sites for hydroxylation is 1. The predicted molar refractivity (Wildman–Crippen MR) is 118 cm³/mol. The zero-order chi connectivity index (χ0) is 21.6. The number of aromatic nitrogens is 1. The van der Waals surface area contributed by atoms with Crippen LogP contribution in [0.3, 0.4) is 0 Å². The highest BCUT2D eigenvalue weighted by Crippen LogP contribution is 2.27. The Morgan fingerprint density at radius 2 is 1.81 bits per heavy atom. The van der Waals surface area contributed by atoms with E-state index in [9.17, 15) is 9.59 Å². The summed E-state index contributed by atoms with van der Waals surface area (Å²) in [5.41, 5.74) is 1.72. The monoisotopic (exact) mass is 424 g/mol. The molecule has 6 nitrogen and oxygen atoms in total. The van der Waals surface area contributed by atoms with Crippen LogP contribution in [-0.4, -0.2) is 47.6 Å². The molecule has 1 amide bonds. The molecule has 1 aliphatic carbocycles. The number of piperidine rings is 1. The van der Waals surface area contributed by atoms with Crippen LogP contribution in [0.4, 0.5) is 0 Å². The Balaban J connectivity index is 1.26. The molecule has 4 rings (SSSR count). The van der Waals surface area contributed by atoms with Gasteiger partial charge in [-0.15, -0.1) is 0 Å². The molecule has 0 unspecified atom stereocenters. The first-order chi connectivity index (χ1) is 15.1. The van der Waals surface area contributed by atoms with Gasteiger partial charge in [-0.2, -0.15) is 0 Å². The maximum atomic E-state index is 12.8. The molecule has 2 heterocycles. The fourth-order valence-corrected chi connectivity index (χ4v) is 4.77. The highest BCUT2D eigenvalue weighted by molar-refractivity contribution is 5.87. The largest absolute Gasteiger partial charge is 0.490 e. The second-order valence-corrected chi connectivity index (χ2v) is 8.58. The van der Waals surface area contributed by atoms with Gasteiger partial charge in [0.1, 0.15) is 11.4 Å². The number of likely N-dealkylation sites (tertiary alicyclic amines) is 1. The molecule has 2 aliphatic rings. The SMILES string of the molecule is COC(=O)c1cccn1C1CCN(C(=O)CCc2cccc(OC3CCCC3)c2)CC1. The van der Waals surface area contributed by atoms with Gasteiger partial charge in [0.15, 0.2) is 0 Å². The number of carbonyl (C=O) groups is 2. The van der Waals surface area contributed by atoms with Gasteiger partial charge in [0, 0.05) is 31.7 Å². The number of benzene rings is 1. The first-order valence-corrected chi connectivity index (χ1v) is 11.4. The number of hydrogen-bond acceptors (Lipinski definition) is 4. The molecule has 1 aliphatic heterocycles. The van der Waals surface area contributed by atoms with Crippen LogP contribution in [-0.2, 0) is 16.0 Å². The highest BCUT2D eigenvalue weighted by Gasteiger charge is 2.26. The normalized spacial score (nSPS) is 17.6. The van der Waals surface area contributed by atoms with Gasteiger partial charge in [-0.25, -0.2) is 4.79 Å². The summed E-state index contributed by atoms with van der Waals surface area (Å²) >= 11 is 0. The van der Waals surface area contributed by atoms with Crippen LogP contribution in [0.25, 0.3) is 0 Å². The van der Waals surface area contributed by atoms with Crippen LogP contribution in [0.5, 0.6) is 5.75 Å². The molecule has 1 saturated carbocycles. The summed E-state index contributed by atoms with van der Waals surface area (Å²) in [5.74, 6) is 0.801. The van der Waals surface area contributed by atoms with Crippen molar-refractivity contribution in [2.75, 3.05) is 20.2 Å². The molecule has 2 fully saturated rings. The Bertz CT molecular complexity index is 892. The van der Waals surface area contributed by atoms with E-state index < -0.39 is 0 Å². The van der Waals surface area contributed by atoms with Crippen molar-refractivity contribution in [3.05, 3.63) is 53.9 Å². The van der Waals surface area contributed by atoms with E-state index in [4.69, 9.17) is 9.47 Å². The van der Waals surface area contributed by atoms with Crippen molar-refractivity contribution < 1.29 is 19.1 Å². The number of ether oxygens (including phenoxy) is 2. The molecule has 2 aromatic rings. The molecular formula is C25H32N2O4. The third-order valence-corrected chi connectivity index (χ3v) is 6.51. The van der Waals surface area contributed by atoms with E-state index in [2.05, 4.69) is 12.1 Å². The number of esters is 1. The molecule has 0 radical (unpaired) electrons. The number of methoxy groups -OCH3 is 1. The summed E-state index contributed by atoms with van der Waals surface area (Å²) in [5, 5.41) is 0. The van der Waals surface area contributed by atoms with E-state index in [1.54, 1.807) is 6.07 Å². The number of amides is 1. The van der Waals surface area contributed by atoms with E-state index in [1.807, 2.05) is 33.9 Å². The molecule has 0 spiro atoms. The molecule has 1 aromatic heterocycles. The fraction of sp³-hybridized carbons (Fsp3) is 0.520. The summed E-state index contributed by atoms with van der Waals surface area (Å²) in [6.07, 6.45) is 9.98. The van der Waals surface area contributed by atoms with E-state index in [0.29, 0.717) is 31.3 Å². The number of carbonyl (C=O) groups excluding carboxylic acids is 2. The van der Waals surface area contributed by atoms with Crippen molar-refractivity contribution in [2.24, 2.45) is 0 Å². The lowest BCUT2D eigenvalue weighted by atomic mass is 10.0. The number of nitrogens with zero attached hydrogens (tertiary/aromatic N) is 2. The first-order valence-electron chi connectivity index (χ1n) is 11.4. The fourth-order valence-electron chi connectivity index (χ4n) is 4.77. The van der Waals surface area contributed by atoms with Gasteiger partial charge in [0.05, 0.1) is 13.2 Å². The summed E-state index contributed by atoms with van der Waals surface area (Å²) in [6, 6.07) is 12.1. The average Bonchev–Trinajstić information content (AvgIpc) is 3.49. The van der Waals surface area contributed by atoms with Crippen molar-refractivity contribution in [1.29, 1.82) is 0 Å². The molecule has 6 heteroatoms. The smallest absolute Gasteiger partial charge is 0.354 e. The Morgan fingerprint density at radius 3 is 2.55 bits per heavy atom. The van der Waals surface area contributed by atoms with Gasteiger partial charge in [0.2, 0.25) is 5.91 Å². The summed E-state index contributed by atoms with van der Waals surface area (Å²) in [7, 11) is 1.40. The molecule has 31 heavy (non-hydrogen) atoms. The van der Waals surface area contributed by atoms with Gasteiger partial charge in [-0.1, -0.05) is 12.1 Å². The maximum Gasteiger partial charge on any atom is 0.354 e. The zero-order valence-corrected chi connectivity index (χ0v) is 18.3. The average molecular weight is 425 g/mol. The third-order valence-electron chi connectivity index (χ3n) is 6.51. The van der Waals surface area contributed by atoms with Gasteiger partial charge in [-0.3, -0.25) is 4.79 Å². The molecule has 166 valence electrons. The predicted octanol–water partition coefficient (Wildman–Crippen LogP) is 4.39. The van der Waals surface area contributed by atoms with Crippen LogP contribution in [0, 0.1) is 0 Å². The minimum absolute atomic E-state index is 0.196. The van der Waals surface area contributed by atoms with Crippen molar-refractivity contribution in [2.45, 2.75) is 63.5 Å². The van der Waals surface area contributed by atoms with Crippen molar-refractivity contribution in [3.63, 3.8) is 0 Å². The minimum Gasteiger partial charge on any atom is -0.490 e. The standard InChI is InChI=1S/C25H32N2O4/c1-30-25(29)23-10-5-15-27(23)20-13-16-26(17-14-20)24(28)12-11-19-6-4-9-22(18-19)31-21-7-2-3-8-21/h4-6,9-10,15,18,20-21H,2-3,7-8,11-14,16-17H2,1H3. The van der Waals surface area contributed by atoms with Crippen molar-refractivity contribution in [3.8, 4) is 5.75 Å². The summed E-state index contributed by atoms with van der Waals surface area (Å²) in [4.78, 5) is 26.7. The van der Waals surface area contributed by atoms with Crippen LogP contribution in [0.15, 0.2) is 42.6 Å². The Morgan fingerprint density at radius 1 is 1.03 bits per heavy atom. The van der Waals surface area contributed by atoms with Crippen molar-refractivity contribution >= 4 is 11.9 Å². The summed E-state index contributed by atoms with van der Waals surface area (Å²) in [6.45, 7) is 1.43. The molecular weight excluding hydrogens is 392 g/mol. The lowest BCUT2D eigenvalue weighted by molar-refractivity contribution is -0.132. The van der Waals surface area contributed by atoms with E-state index in [0.717, 1.165) is 43.4 Å². The Hall–Kier alpha value is -2.76. The lowest BCUT2D eigenvalue weighted by Gasteiger charge is -2.33. The maximum absolute atomic E-state index is 12.8. The highest BCUT2D eigenvalue weighted by atomic mass is 16.5. The minimum atomic E-state index is -0.317. The van der Waals surface area contributed by atoms with Gasteiger partial charge < -0.3 is 18.9 Å². The van der Waals surface area contributed by atoms with Gasteiger partial charge in [-0.05, 0) is 74.8 Å². The molecule has 1 saturated heterocycles. The number of rotatable bonds is 7. The van der Waals surface area contributed by atoms with E-state index in [1.165, 1.54) is 20.0 Å². The van der Waals surface area contributed by atoms with Crippen LogP contribution in [0.1, 0.15) is 67.0 Å². The molecule has 0 atom stereocenters. The van der Waals surface area contributed by atoms with Crippen LogP contribution in [0.2, 0.25) is 0 Å². The number of hydrogen-bond donors (Lipinski definition) is 0. The zero-order valence-electron chi connectivity index (χ0n) is 18.3. The van der Waals surface area contributed by atoms with E-state index >= 15 is 0 Å². The third kappa shape index (κ3) is 5.30. The van der Waals surface area contributed by atoms with Crippen molar-refractivity contribution in [1.82, 2.24) is 9.47 Å². The lowest BCUT2D eigenvalue weighted by Crippen LogP contribution is -2.39. The van der Waals surface area contributed by atoms with Gasteiger partial charge >= 0.3 is 5.97 Å². The van der Waals surface area contributed by atoms with Crippen LogP contribution < -0.4 is 4.74 Å². The van der Waals surface area contributed by atoms with Crippen LogP contribution >= 0.6 is 0 Å². The molecule has 0 bridgehead atoms. The second kappa shape index (κ2) is 10.0.